The van der Waals surface area contributed by atoms with Crippen LogP contribution in [0.5, 0.6) is 0 Å². The van der Waals surface area contributed by atoms with Crippen molar-refractivity contribution in [2.75, 3.05) is 7.05 Å². The van der Waals surface area contributed by atoms with Crippen molar-refractivity contribution < 1.29 is 9.90 Å². The molecule has 4 heteroatoms. The summed E-state index contributed by atoms with van der Waals surface area (Å²) < 4.78 is 0. The van der Waals surface area contributed by atoms with Gasteiger partial charge in [0.1, 0.15) is 5.70 Å². The molecule has 4 nitrogen and oxygen atoms in total. The van der Waals surface area contributed by atoms with Crippen molar-refractivity contribution in [3.63, 3.8) is 0 Å². The maximum Gasteiger partial charge on any atom is 0.352 e. The number of allylic oxidation sites excluding steroid dienone is 8. The molecule has 0 unspecified atom stereocenters. The minimum Gasteiger partial charge on any atom is -0.477 e. The molecule has 25 heavy (non-hydrogen) atoms. The van der Waals surface area contributed by atoms with Gasteiger partial charge in [-0.1, -0.05) is 54.6 Å². The SMILES string of the molecule is C/C(C#N)=C\N(C)/C(=C/C1=CC=C(c2ccccc2)C=CC1)C(=O)O. The van der Waals surface area contributed by atoms with E-state index in [1.54, 1.807) is 20.0 Å². The number of aliphatic carboxylic acids is 1. The van der Waals surface area contributed by atoms with Crippen molar-refractivity contribution in [3.05, 3.63) is 89.3 Å². The molecule has 0 amide bonds. The Hall–Kier alpha value is -3.32. The van der Waals surface area contributed by atoms with E-state index in [2.05, 4.69) is 0 Å². The van der Waals surface area contributed by atoms with Crippen molar-refractivity contribution in [3.8, 4) is 6.07 Å². The molecule has 1 aliphatic carbocycles. The van der Waals surface area contributed by atoms with Gasteiger partial charge in [-0.3, -0.25) is 0 Å². The van der Waals surface area contributed by atoms with Gasteiger partial charge >= 0.3 is 5.97 Å². The molecule has 1 aliphatic rings. The van der Waals surface area contributed by atoms with E-state index in [0.717, 1.165) is 16.7 Å². The number of nitriles is 1. The predicted molar refractivity (Wildman–Crippen MR) is 99.1 cm³/mol. The molecule has 0 fully saturated rings. The Morgan fingerprint density at radius 3 is 2.64 bits per heavy atom. The van der Waals surface area contributed by atoms with Gasteiger partial charge in [0.05, 0.1) is 6.07 Å². The molecule has 0 bridgehead atoms. The zero-order valence-electron chi connectivity index (χ0n) is 14.3. The monoisotopic (exact) mass is 332 g/mol. The molecular formula is C21H20N2O2. The number of hydrogen-bond acceptors (Lipinski definition) is 3. The standard InChI is InChI=1S/C21H20N2O2/c1-16(14-22)15-23(2)20(21(24)25)13-17-7-6-10-19(12-11-17)18-8-4-3-5-9-18/h3-6,8-13,15H,7H2,1-2H3,(H,24,25)/b16-15+,20-13+. The van der Waals surface area contributed by atoms with Crippen LogP contribution in [-0.2, 0) is 4.79 Å². The lowest BCUT2D eigenvalue weighted by Crippen LogP contribution is -2.18. The number of rotatable bonds is 5. The average molecular weight is 332 g/mol. The topological polar surface area (TPSA) is 64.3 Å². The van der Waals surface area contributed by atoms with Gasteiger partial charge in [0.15, 0.2) is 0 Å². The van der Waals surface area contributed by atoms with E-state index in [1.165, 1.54) is 11.1 Å². The van der Waals surface area contributed by atoms with Crippen LogP contribution in [0.2, 0.25) is 0 Å². The van der Waals surface area contributed by atoms with Crippen LogP contribution in [0.4, 0.5) is 0 Å². The summed E-state index contributed by atoms with van der Waals surface area (Å²) in [6.45, 7) is 1.64. The van der Waals surface area contributed by atoms with E-state index < -0.39 is 5.97 Å². The van der Waals surface area contributed by atoms with Gasteiger partial charge in [-0.2, -0.15) is 5.26 Å². The summed E-state index contributed by atoms with van der Waals surface area (Å²) in [4.78, 5) is 13.0. The van der Waals surface area contributed by atoms with Crippen LogP contribution in [0, 0.1) is 11.3 Å². The van der Waals surface area contributed by atoms with E-state index in [9.17, 15) is 9.90 Å². The molecule has 1 N–H and O–H groups in total. The van der Waals surface area contributed by atoms with E-state index in [4.69, 9.17) is 5.26 Å². The first-order valence-corrected chi connectivity index (χ1v) is 7.90. The van der Waals surface area contributed by atoms with Crippen LogP contribution in [-0.4, -0.2) is 23.0 Å². The fourth-order valence-electron chi connectivity index (χ4n) is 2.45. The number of hydrogen-bond donors (Lipinski definition) is 1. The summed E-state index contributed by atoms with van der Waals surface area (Å²) in [7, 11) is 1.62. The maximum absolute atomic E-state index is 11.6. The molecule has 0 atom stereocenters. The van der Waals surface area contributed by atoms with Crippen molar-refractivity contribution in [1.29, 1.82) is 5.26 Å². The number of likely N-dealkylation sites (N-methyl/N-ethyl adjacent to an activating group) is 1. The minimum atomic E-state index is -1.04. The third-order valence-electron chi connectivity index (χ3n) is 3.72. The number of benzene rings is 1. The summed E-state index contributed by atoms with van der Waals surface area (Å²) in [6.07, 6.45) is 11.8. The Labute approximate surface area is 148 Å². The summed E-state index contributed by atoms with van der Waals surface area (Å²) in [5, 5.41) is 18.3. The van der Waals surface area contributed by atoms with Gasteiger partial charge in [0.25, 0.3) is 0 Å². The van der Waals surface area contributed by atoms with Crippen LogP contribution in [0.15, 0.2) is 83.8 Å². The second-order valence-corrected chi connectivity index (χ2v) is 5.71. The van der Waals surface area contributed by atoms with Crippen molar-refractivity contribution >= 4 is 11.5 Å². The molecule has 0 spiro atoms. The number of carboxylic acid groups (broad SMARTS) is 1. The van der Waals surface area contributed by atoms with E-state index in [-0.39, 0.29) is 5.70 Å². The Bertz CT molecular complexity index is 834. The first-order chi connectivity index (χ1) is 12.0. The second-order valence-electron chi connectivity index (χ2n) is 5.71. The van der Waals surface area contributed by atoms with Crippen LogP contribution in [0.1, 0.15) is 18.9 Å². The highest BCUT2D eigenvalue weighted by Crippen LogP contribution is 2.22. The van der Waals surface area contributed by atoms with Crippen molar-refractivity contribution in [2.24, 2.45) is 0 Å². The lowest BCUT2D eigenvalue weighted by Gasteiger charge is -2.15. The van der Waals surface area contributed by atoms with Crippen LogP contribution >= 0.6 is 0 Å². The molecule has 0 aromatic heterocycles. The molecule has 1 aromatic carbocycles. The zero-order valence-corrected chi connectivity index (χ0v) is 14.3. The maximum atomic E-state index is 11.6. The van der Waals surface area contributed by atoms with Gasteiger partial charge in [0.2, 0.25) is 0 Å². The van der Waals surface area contributed by atoms with Crippen LogP contribution < -0.4 is 0 Å². The van der Waals surface area contributed by atoms with E-state index in [0.29, 0.717) is 12.0 Å². The average Bonchev–Trinajstić information content (AvgIpc) is 2.85. The molecule has 126 valence electrons. The van der Waals surface area contributed by atoms with Gasteiger partial charge in [-0.25, -0.2) is 4.79 Å². The van der Waals surface area contributed by atoms with Gasteiger partial charge in [-0.15, -0.1) is 0 Å². The van der Waals surface area contributed by atoms with Gasteiger partial charge < -0.3 is 10.0 Å². The minimum absolute atomic E-state index is 0.116. The lowest BCUT2D eigenvalue weighted by atomic mass is 10.1. The molecular weight excluding hydrogens is 312 g/mol. The molecule has 0 heterocycles. The predicted octanol–water partition coefficient (Wildman–Crippen LogP) is 4.28. The fourth-order valence-corrected chi connectivity index (χ4v) is 2.45. The number of nitrogens with zero attached hydrogens (tertiary/aromatic N) is 2. The van der Waals surface area contributed by atoms with Crippen molar-refractivity contribution in [1.82, 2.24) is 4.90 Å². The first-order valence-electron chi connectivity index (χ1n) is 7.90. The highest BCUT2D eigenvalue weighted by atomic mass is 16.4. The molecule has 0 radical (unpaired) electrons. The van der Waals surface area contributed by atoms with Crippen LogP contribution in [0.25, 0.3) is 5.57 Å². The van der Waals surface area contributed by atoms with E-state index >= 15 is 0 Å². The quantitative estimate of drug-likeness (QED) is 0.645. The largest absolute Gasteiger partial charge is 0.477 e. The molecule has 0 aliphatic heterocycles. The Morgan fingerprint density at radius 2 is 2.00 bits per heavy atom. The van der Waals surface area contributed by atoms with Gasteiger partial charge in [0, 0.05) is 18.8 Å². The highest BCUT2D eigenvalue weighted by molar-refractivity contribution is 5.87. The summed E-state index contributed by atoms with van der Waals surface area (Å²) >= 11 is 0. The second kappa shape index (κ2) is 8.51. The Kier molecular flexibility index (Phi) is 6.14. The van der Waals surface area contributed by atoms with Gasteiger partial charge in [-0.05, 0) is 36.1 Å². The normalized spacial score (nSPS) is 14.9. The zero-order chi connectivity index (χ0) is 18.2. The lowest BCUT2D eigenvalue weighted by molar-refractivity contribution is -0.133. The number of carboxylic acids is 1. The summed E-state index contributed by atoms with van der Waals surface area (Å²) in [6, 6.07) is 12.0. The Balaban J connectivity index is 2.33. The molecule has 1 aromatic rings. The third kappa shape index (κ3) is 5.08. The van der Waals surface area contributed by atoms with Crippen molar-refractivity contribution in [2.45, 2.75) is 13.3 Å². The fraction of sp³-hybridized carbons (Fsp3) is 0.143. The molecule has 0 saturated carbocycles. The smallest absolute Gasteiger partial charge is 0.352 e. The Morgan fingerprint density at radius 1 is 1.28 bits per heavy atom. The van der Waals surface area contributed by atoms with E-state index in [1.807, 2.05) is 60.7 Å². The third-order valence-corrected chi connectivity index (χ3v) is 3.72. The summed E-state index contributed by atoms with van der Waals surface area (Å²) in [5.74, 6) is -1.04. The molecule has 0 saturated heterocycles. The summed E-state index contributed by atoms with van der Waals surface area (Å²) in [5.41, 5.74) is 3.63. The first kappa shape index (κ1) is 18.0. The van der Waals surface area contributed by atoms with Crippen LogP contribution in [0.3, 0.4) is 0 Å². The molecule has 2 rings (SSSR count). The number of carbonyl (C=O) groups is 1. The highest BCUT2D eigenvalue weighted by Gasteiger charge is 2.12.